The van der Waals surface area contributed by atoms with Crippen LogP contribution in [0, 0.1) is 5.92 Å². The summed E-state index contributed by atoms with van der Waals surface area (Å²) in [6.45, 7) is 2.63. The van der Waals surface area contributed by atoms with Gasteiger partial charge in [0.1, 0.15) is 6.29 Å². The number of aliphatic hydroxyl groups excluding tert-OH is 1. The Labute approximate surface area is 139 Å². The van der Waals surface area contributed by atoms with Gasteiger partial charge in [-0.15, -0.1) is 0 Å². The molecule has 0 saturated carbocycles. The van der Waals surface area contributed by atoms with Gasteiger partial charge in [-0.25, -0.2) is 0 Å². The Morgan fingerprint density at radius 3 is 1.64 bits per heavy atom. The highest BCUT2D eigenvalue weighted by Gasteiger charge is 2.06. The van der Waals surface area contributed by atoms with E-state index in [-0.39, 0.29) is 0 Å². The zero-order valence-electron chi connectivity index (χ0n) is 15.0. The van der Waals surface area contributed by atoms with Gasteiger partial charge in [-0.2, -0.15) is 0 Å². The largest absolute Gasteiger partial charge is 0.396 e. The van der Waals surface area contributed by atoms with Crippen molar-refractivity contribution >= 4 is 6.29 Å². The summed E-state index contributed by atoms with van der Waals surface area (Å²) >= 11 is 0. The first-order valence-corrected chi connectivity index (χ1v) is 9.89. The lowest BCUT2D eigenvalue weighted by atomic mass is 9.95. The molecule has 0 aromatic rings. The third-order valence-electron chi connectivity index (χ3n) is 4.66. The molecule has 0 spiro atoms. The van der Waals surface area contributed by atoms with Gasteiger partial charge in [-0.1, -0.05) is 84.0 Å². The first kappa shape index (κ1) is 21.6. The Hall–Kier alpha value is -0.370. The first-order valence-electron chi connectivity index (χ1n) is 9.89. The van der Waals surface area contributed by atoms with Crippen molar-refractivity contribution in [2.24, 2.45) is 5.92 Å². The molecule has 22 heavy (non-hydrogen) atoms. The molecule has 2 nitrogen and oxygen atoms in total. The minimum atomic E-state index is 0.370. The van der Waals surface area contributed by atoms with Crippen LogP contribution in [0.4, 0.5) is 0 Å². The van der Waals surface area contributed by atoms with Crippen molar-refractivity contribution in [1.82, 2.24) is 0 Å². The van der Waals surface area contributed by atoms with E-state index in [2.05, 4.69) is 6.92 Å². The maximum Gasteiger partial charge on any atom is 0.119 e. The predicted octanol–water partition coefficient (Wildman–Crippen LogP) is 6.06. The minimum Gasteiger partial charge on any atom is -0.396 e. The van der Waals surface area contributed by atoms with Crippen LogP contribution in [0.1, 0.15) is 110 Å². The first-order chi connectivity index (χ1) is 10.8. The number of rotatable bonds is 18. The van der Waals surface area contributed by atoms with E-state index in [0.29, 0.717) is 12.5 Å². The van der Waals surface area contributed by atoms with Crippen LogP contribution in [0.25, 0.3) is 0 Å². The van der Waals surface area contributed by atoms with Crippen LogP contribution >= 0.6 is 0 Å². The number of hydrogen-bond acceptors (Lipinski definition) is 2. The van der Waals surface area contributed by atoms with E-state index in [0.717, 1.165) is 19.1 Å². The third-order valence-corrected chi connectivity index (χ3v) is 4.66. The average molecular weight is 313 g/mol. The fourth-order valence-electron chi connectivity index (χ4n) is 3.08. The molecule has 0 aromatic heterocycles. The Kier molecular flexibility index (Phi) is 18.4. The molecule has 0 aliphatic heterocycles. The standard InChI is InChI=1S/C20H40O2/c1-2-3-4-5-7-10-13-16-20(19-22)17-14-11-8-6-9-12-15-18-21/h18,20,22H,2-17,19H2,1H3. The second-order valence-corrected chi connectivity index (χ2v) is 6.82. The topological polar surface area (TPSA) is 37.3 Å². The number of hydrogen-bond donors (Lipinski definition) is 1. The van der Waals surface area contributed by atoms with E-state index >= 15 is 0 Å². The molecule has 2 heteroatoms. The van der Waals surface area contributed by atoms with Crippen molar-refractivity contribution in [2.75, 3.05) is 6.61 Å². The summed E-state index contributed by atoms with van der Waals surface area (Å²) in [5, 5.41) is 9.47. The van der Waals surface area contributed by atoms with Crippen LogP contribution in [0.3, 0.4) is 0 Å². The maximum atomic E-state index is 10.2. The average Bonchev–Trinajstić information content (AvgIpc) is 2.54. The highest BCUT2D eigenvalue weighted by molar-refractivity contribution is 5.48. The van der Waals surface area contributed by atoms with Crippen LogP contribution in [-0.2, 0) is 4.79 Å². The van der Waals surface area contributed by atoms with Gasteiger partial charge in [0.25, 0.3) is 0 Å². The van der Waals surface area contributed by atoms with Crippen LogP contribution < -0.4 is 0 Å². The van der Waals surface area contributed by atoms with Crippen molar-refractivity contribution in [3.63, 3.8) is 0 Å². The van der Waals surface area contributed by atoms with Crippen LogP contribution in [-0.4, -0.2) is 18.0 Å². The maximum absolute atomic E-state index is 10.2. The van der Waals surface area contributed by atoms with E-state index in [1.807, 2.05) is 0 Å². The number of unbranched alkanes of at least 4 members (excludes halogenated alkanes) is 12. The molecule has 0 fully saturated rings. The molecule has 0 saturated heterocycles. The number of carbonyl (C=O) groups is 1. The van der Waals surface area contributed by atoms with Gasteiger partial charge in [-0.3, -0.25) is 0 Å². The summed E-state index contributed by atoms with van der Waals surface area (Å²) in [5.41, 5.74) is 0. The number of aldehydes is 1. The molecule has 132 valence electrons. The summed E-state index contributed by atoms with van der Waals surface area (Å²) in [7, 11) is 0. The summed E-state index contributed by atoms with van der Waals surface area (Å²) in [6.07, 6.45) is 21.0. The molecule has 0 bridgehead atoms. The lowest BCUT2D eigenvalue weighted by molar-refractivity contribution is -0.107. The Bertz CT molecular complexity index is 216. The molecular formula is C20H40O2. The number of carbonyl (C=O) groups excluding carboxylic acids is 1. The van der Waals surface area contributed by atoms with Crippen LogP contribution in [0.15, 0.2) is 0 Å². The van der Waals surface area contributed by atoms with Crippen molar-refractivity contribution in [1.29, 1.82) is 0 Å². The molecule has 0 amide bonds. The van der Waals surface area contributed by atoms with Crippen molar-refractivity contribution in [3.8, 4) is 0 Å². The highest BCUT2D eigenvalue weighted by Crippen LogP contribution is 2.18. The lowest BCUT2D eigenvalue weighted by Gasteiger charge is -2.13. The number of aliphatic hydroxyl groups is 1. The fraction of sp³-hybridized carbons (Fsp3) is 0.950. The van der Waals surface area contributed by atoms with Crippen LogP contribution in [0.2, 0.25) is 0 Å². The lowest BCUT2D eigenvalue weighted by Crippen LogP contribution is -2.06. The van der Waals surface area contributed by atoms with Gasteiger partial charge in [0.2, 0.25) is 0 Å². The van der Waals surface area contributed by atoms with Gasteiger partial charge in [0, 0.05) is 13.0 Å². The van der Waals surface area contributed by atoms with E-state index in [1.165, 1.54) is 89.9 Å². The van der Waals surface area contributed by atoms with E-state index in [1.54, 1.807) is 0 Å². The molecule has 0 heterocycles. The van der Waals surface area contributed by atoms with Crippen LogP contribution in [0.5, 0.6) is 0 Å². The van der Waals surface area contributed by atoms with Crippen molar-refractivity contribution in [2.45, 2.75) is 110 Å². The van der Waals surface area contributed by atoms with Gasteiger partial charge >= 0.3 is 0 Å². The zero-order chi connectivity index (χ0) is 16.3. The molecular weight excluding hydrogens is 272 g/mol. The van der Waals surface area contributed by atoms with Gasteiger partial charge in [0.05, 0.1) is 0 Å². The summed E-state index contributed by atoms with van der Waals surface area (Å²) in [6, 6.07) is 0. The molecule has 0 aromatic carbocycles. The monoisotopic (exact) mass is 312 g/mol. The normalized spacial score (nSPS) is 12.5. The Morgan fingerprint density at radius 1 is 0.727 bits per heavy atom. The van der Waals surface area contributed by atoms with Gasteiger partial charge in [-0.05, 0) is 25.2 Å². The van der Waals surface area contributed by atoms with Gasteiger partial charge in [0.15, 0.2) is 0 Å². The minimum absolute atomic E-state index is 0.370. The van der Waals surface area contributed by atoms with Crippen molar-refractivity contribution in [3.05, 3.63) is 0 Å². The molecule has 1 unspecified atom stereocenters. The molecule has 1 N–H and O–H groups in total. The Morgan fingerprint density at radius 2 is 1.18 bits per heavy atom. The second kappa shape index (κ2) is 18.7. The SMILES string of the molecule is CCCCCCCCCC(CO)CCCCCCCCC=O. The summed E-state index contributed by atoms with van der Waals surface area (Å²) in [5.74, 6) is 0.533. The Balaban J connectivity index is 3.30. The molecule has 0 aliphatic rings. The summed E-state index contributed by atoms with van der Waals surface area (Å²) < 4.78 is 0. The molecule has 1 atom stereocenters. The third kappa shape index (κ3) is 16.0. The summed E-state index contributed by atoms with van der Waals surface area (Å²) in [4.78, 5) is 10.2. The van der Waals surface area contributed by atoms with Crippen molar-refractivity contribution < 1.29 is 9.90 Å². The smallest absolute Gasteiger partial charge is 0.119 e. The molecule has 0 rings (SSSR count). The van der Waals surface area contributed by atoms with Gasteiger partial charge < -0.3 is 9.90 Å². The molecule has 0 aliphatic carbocycles. The molecule has 0 radical (unpaired) electrons. The second-order valence-electron chi connectivity index (χ2n) is 6.82. The predicted molar refractivity (Wildman–Crippen MR) is 96.2 cm³/mol. The zero-order valence-corrected chi connectivity index (χ0v) is 15.0. The van der Waals surface area contributed by atoms with E-state index < -0.39 is 0 Å². The highest BCUT2D eigenvalue weighted by atomic mass is 16.3. The van der Waals surface area contributed by atoms with E-state index in [4.69, 9.17) is 0 Å². The van der Waals surface area contributed by atoms with E-state index in [9.17, 15) is 9.90 Å². The fourth-order valence-corrected chi connectivity index (χ4v) is 3.08. The quantitative estimate of drug-likeness (QED) is 0.247.